The molecule has 0 aliphatic rings. The second-order valence-corrected chi connectivity index (χ2v) is 6.11. The number of benzene rings is 1. The molecule has 25 heavy (non-hydrogen) atoms. The van der Waals surface area contributed by atoms with Gasteiger partial charge in [-0.3, -0.25) is 4.79 Å². The van der Waals surface area contributed by atoms with Gasteiger partial charge in [0.25, 0.3) is 5.91 Å². The first-order chi connectivity index (χ1) is 12.0. The van der Waals surface area contributed by atoms with Crippen LogP contribution in [-0.2, 0) is 11.2 Å². The van der Waals surface area contributed by atoms with Gasteiger partial charge >= 0.3 is 0 Å². The van der Waals surface area contributed by atoms with Gasteiger partial charge in [0.05, 0.1) is 5.57 Å². The van der Waals surface area contributed by atoms with E-state index in [2.05, 4.69) is 37.9 Å². The van der Waals surface area contributed by atoms with Crippen molar-refractivity contribution in [3.8, 4) is 0 Å². The van der Waals surface area contributed by atoms with Crippen LogP contribution in [0, 0.1) is 0 Å². The third-order valence-electron chi connectivity index (χ3n) is 4.18. The highest BCUT2D eigenvalue weighted by Crippen LogP contribution is 2.14. The highest BCUT2D eigenvalue weighted by Gasteiger charge is 2.15. The minimum Gasteiger partial charge on any atom is -0.347 e. The van der Waals surface area contributed by atoms with Crippen molar-refractivity contribution in [2.45, 2.75) is 47.0 Å². The molecule has 0 saturated heterocycles. The molecule has 1 aromatic rings. The van der Waals surface area contributed by atoms with Crippen LogP contribution in [0.3, 0.4) is 0 Å². The third kappa shape index (κ3) is 5.89. The highest BCUT2D eigenvalue weighted by atomic mass is 16.2. The summed E-state index contributed by atoms with van der Waals surface area (Å²) in [6.45, 7) is 12.5. The second kappa shape index (κ2) is 10.5. The molecule has 0 heterocycles. The van der Waals surface area contributed by atoms with Gasteiger partial charge in [-0.25, -0.2) is 4.99 Å². The van der Waals surface area contributed by atoms with Crippen molar-refractivity contribution in [1.29, 1.82) is 0 Å². The van der Waals surface area contributed by atoms with Crippen molar-refractivity contribution in [2.24, 2.45) is 4.99 Å². The van der Waals surface area contributed by atoms with Crippen LogP contribution >= 0.6 is 0 Å². The van der Waals surface area contributed by atoms with E-state index in [4.69, 9.17) is 4.99 Å². The Morgan fingerprint density at radius 1 is 1.28 bits per heavy atom. The number of carbonyl (C=O) groups is 1. The molecule has 136 valence electrons. The van der Waals surface area contributed by atoms with Gasteiger partial charge in [-0.2, -0.15) is 0 Å². The Balaban J connectivity index is 3.20. The SMILES string of the molecule is C=CNC(/N=C(\C)c1ccccc1CC)=C(/C)C(=O)N(C)CCCC. The Hall–Kier alpha value is -2.36. The number of rotatable bonds is 9. The van der Waals surface area contributed by atoms with Gasteiger partial charge in [-0.1, -0.05) is 51.1 Å². The molecule has 0 bridgehead atoms. The Morgan fingerprint density at radius 3 is 2.56 bits per heavy atom. The zero-order valence-electron chi connectivity index (χ0n) is 16.2. The maximum absolute atomic E-state index is 12.6. The molecule has 4 heteroatoms. The number of likely N-dealkylation sites (N-methyl/N-ethyl adjacent to an activating group) is 1. The van der Waals surface area contributed by atoms with Crippen LogP contribution < -0.4 is 5.32 Å². The second-order valence-electron chi connectivity index (χ2n) is 6.11. The summed E-state index contributed by atoms with van der Waals surface area (Å²) in [5.41, 5.74) is 3.82. The van der Waals surface area contributed by atoms with E-state index in [9.17, 15) is 4.79 Å². The summed E-state index contributed by atoms with van der Waals surface area (Å²) in [6.07, 6.45) is 4.55. The first-order valence-corrected chi connectivity index (χ1v) is 8.93. The number of aryl methyl sites for hydroxylation is 1. The Kier molecular flexibility index (Phi) is 8.68. The predicted octanol–water partition coefficient (Wildman–Crippen LogP) is 4.28. The van der Waals surface area contributed by atoms with Gasteiger partial charge in [-0.15, -0.1) is 0 Å². The van der Waals surface area contributed by atoms with E-state index >= 15 is 0 Å². The van der Waals surface area contributed by atoms with E-state index < -0.39 is 0 Å². The number of hydrogen-bond donors (Lipinski definition) is 1. The van der Waals surface area contributed by atoms with Crippen LogP contribution in [0.4, 0.5) is 0 Å². The molecule has 0 atom stereocenters. The van der Waals surface area contributed by atoms with Gasteiger partial charge in [0.2, 0.25) is 0 Å². The van der Waals surface area contributed by atoms with E-state index in [0.717, 1.165) is 37.1 Å². The normalized spacial score (nSPS) is 12.4. The maximum atomic E-state index is 12.6. The molecule has 1 N–H and O–H groups in total. The molecule has 0 aliphatic carbocycles. The number of amides is 1. The van der Waals surface area contributed by atoms with Gasteiger partial charge < -0.3 is 10.2 Å². The minimum absolute atomic E-state index is 0.0156. The fourth-order valence-corrected chi connectivity index (χ4v) is 2.61. The van der Waals surface area contributed by atoms with E-state index in [0.29, 0.717) is 11.4 Å². The molecule has 1 amide bonds. The van der Waals surface area contributed by atoms with E-state index in [1.54, 1.807) is 18.0 Å². The first-order valence-electron chi connectivity index (χ1n) is 8.93. The summed E-state index contributed by atoms with van der Waals surface area (Å²) in [7, 11) is 1.83. The molecule has 0 spiro atoms. The smallest absolute Gasteiger partial charge is 0.252 e. The molecule has 1 aromatic carbocycles. The predicted molar refractivity (Wildman–Crippen MR) is 107 cm³/mol. The number of carbonyl (C=O) groups excluding carboxylic acids is 1. The lowest BCUT2D eigenvalue weighted by Crippen LogP contribution is -2.30. The van der Waals surface area contributed by atoms with Crippen molar-refractivity contribution < 1.29 is 4.79 Å². The van der Waals surface area contributed by atoms with Crippen molar-refractivity contribution in [3.05, 3.63) is 59.6 Å². The fourth-order valence-electron chi connectivity index (χ4n) is 2.61. The standard InChI is InChI=1S/C21H31N3O/c1-7-10-15-24(6)21(25)16(4)20(22-9-3)23-17(5)19-14-12-11-13-18(19)8-2/h9,11-14,22H,3,7-8,10,15H2,1-2,4-6H3/b20-16+,23-17+. The van der Waals surface area contributed by atoms with Crippen LogP contribution in [0.5, 0.6) is 0 Å². The van der Waals surface area contributed by atoms with Crippen molar-refractivity contribution >= 4 is 11.6 Å². The molecule has 0 unspecified atom stereocenters. The molecule has 0 radical (unpaired) electrons. The van der Waals surface area contributed by atoms with Gasteiger partial charge in [0.1, 0.15) is 5.82 Å². The lowest BCUT2D eigenvalue weighted by Gasteiger charge is -2.18. The molecule has 0 fully saturated rings. The van der Waals surface area contributed by atoms with E-state index in [1.165, 1.54) is 5.56 Å². The number of aliphatic imine (C=N–C) groups is 1. The molecule has 1 rings (SSSR count). The van der Waals surface area contributed by atoms with Gasteiger partial charge in [0, 0.05) is 19.3 Å². The van der Waals surface area contributed by atoms with Crippen molar-refractivity contribution in [2.75, 3.05) is 13.6 Å². The van der Waals surface area contributed by atoms with Crippen LogP contribution in [0.1, 0.15) is 51.7 Å². The van der Waals surface area contributed by atoms with E-state index in [1.807, 2.05) is 26.1 Å². The molecule has 0 aliphatic heterocycles. The zero-order valence-corrected chi connectivity index (χ0v) is 16.2. The Bertz CT molecular complexity index is 659. The number of hydrogen-bond acceptors (Lipinski definition) is 3. The molecular formula is C21H31N3O. The van der Waals surface area contributed by atoms with E-state index in [-0.39, 0.29) is 5.91 Å². The average Bonchev–Trinajstić information content (AvgIpc) is 2.64. The summed E-state index contributed by atoms with van der Waals surface area (Å²) in [5, 5.41) is 3.02. The number of nitrogens with one attached hydrogen (secondary N) is 1. The monoisotopic (exact) mass is 341 g/mol. The first kappa shape index (κ1) is 20.7. The maximum Gasteiger partial charge on any atom is 0.252 e. The van der Waals surface area contributed by atoms with Crippen LogP contribution in [0.25, 0.3) is 0 Å². The minimum atomic E-state index is -0.0156. The molecule has 4 nitrogen and oxygen atoms in total. The molecule has 0 saturated carbocycles. The van der Waals surface area contributed by atoms with Crippen LogP contribution in [-0.4, -0.2) is 30.1 Å². The van der Waals surface area contributed by atoms with Crippen molar-refractivity contribution in [3.63, 3.8) is 0 Å². The summed E-state index contributed by atoms with van der Waals surface area (Å²) >= 11 is 0. The Morgan fingerprint density at radius 2 is 1.96 bits per heavy atom. The topological polar surface area (TPSA) is 44.7 Å². The van der Waals surface area contributed by atoms with Gasteiger partial charge in [0.15, 0.2) is 0 Å². The largest absolute Gasteiger partial charge is 0.347 e. The average molecular weight is 341 g/mol. The van der Waals surface area contributed by atoms with Gasteiger partial charge in [-0.05, 0) is 44.0 Å². The summed E-state index contributed by atoms with van der Waals surface area (Å²) in [5.74, 6) is 0.532. The quantitative estimate of drug-likeness (QED) is 0.538. The third-order valence-corrected chi connectivity index (χ3v) is 4.18. The van der Waals surface area contributed by atoms with Crippen LogP contribution in [0.2, 0.25) is 0 Å². The summed E-state index contributed by atoms with van der Waals surface area (Å²) in [4.78, 5) is 19.1. The summed E-state index contributed by atoms with van der Waals surface area (Å²) in [6, 6.07) is 8.21. The number of unbranched alkanes of at least 4 members (excludes halogenated alkanes) is 1. The lowest BCUT2D eigenvalue weighted by atomic mass is 10.0. The fraction of sp³-hybridized carbons (Fsp3) is 0.429. The van der Waals surface area contributed by atoms with Crippen molar-refractivity contribution in [1.82, 2.24) is 10.2 Å². The highest BCUT2D eigenvalue weighted by molar-refractivity contribution is 6.01. The molecule has 0 aromatic heterocycles. The summed E-state index contributed by atoms with van der Waals surface area (Å²) < 4.78 is 0. The lowest BCUT2D eigenvalue weighted by molar-refractivity contribution is -0.126. The number of nitrogens with zero attached hydrogens (tertiary/aromatic N) is 2. The zero-order chi connectivity index (χ0) is 18.8. The molecular weight excluding hydrogens is 310 g/mol. The Labute approximate surface area is 152 Å². The van der Waals surface area contributed by atoms with Crippen LogP contribution in [0.15, 0.2) is 53.4 Å².